The number of amides is 2. The van der Waals surface area contributed by atoms with E-state index in [1.54, 1.807) is 42.5 Å². The summed E-state index contributed by atoms with van der Waals surface area (Å²) in [5.74, 6) is 0.269. The Hall–Kier alpha value is -3.04. The van der Waals surface area contributed by atoms with Crippen molar-refractivity contribution in [2.75, 3.05) is 23.9 Å². The van der Waals surface area contributed by atoms with E-state index in [9.17, 15) is 9.59 Å². The molecular formula is C27H22Cl2N2O4S2. The normalized spacial score (nSPS) is 14.3. The third-order valence-electron chi connectivity index (χ3n) is 5.45. The van der Waals surface area contributed by atoms with Gasteiger partial charge < -0.3 is 14.8 Å². The lowest BCUT2D eigenvalue weighted by atomic mass is 10.1. The van der Waals surface area contributed by atoms with Gasteiger partial charge in [0.05, 0.1) is 27.7 Å². The number of methoxy groups -OCH3 is 1. The van der Waals surface area contributed by atoms with Gasteiger partial charge in [0.1, 0.15) is 0 Å². The fraction of sp³-hybridized carbons (Fsp3) is 0.148. The second kappa shape index (κ2) is 12.0. The first kappa shape index (κ1) is 27.0. The molecule has 0 aromatic heterocycles. The molecule has 0 atom stereocenters. The number of halogens is 2. The number of thiocarbonyl (C=S) groups is 1. The summed E-state index contributed by atoms with van der Waals surface area (Å²) >= 11 is 18.7. The van der Waals surface area contributed by atoms with Gasteiger partial charge in [-0.25, -0.2) is 0 Å². The fourth-order valence-electron chi connectivity index (χ4n) is 3.52. The van der Waals surface area contributed by atoms with Gasteiger partial charge in [-0.05, 0) is 66.1 Å². The van der Waals surface area contributed by atoms with E-state index in [-0.39, 0.29) is 18.4 Å². The van der Waals surface area contributed by atoms with E-state index in [1.807, 2.05) is 24.3 Å². The highest BCUT2D eigenvalue weighted by molar-refractivity contribution is 8.27. The fourth-order valence-corrected chi connectivity index (χ4v) is 5.11. The van der Waals surface area contributed by atoms with Gasteiger partial charge in [0.2, 0.25) is 0 Å². The van der Waals surface area contributed by atoms with E-state index >= 15 is 0 Å². The molecule has 1 saturated heterocycles. The topological polar surface area (TPSA) is 67.9 Å². The van der Waals surface area contributed by atoms with Crippen LogP contribution in [-0.4, -0.2) is 29.9 Å². The minimum Gasteiger partial charge on any atom is -0.493 e. The summed E-state index contributed by atoms with van der Waals surface area (Å²) in [5.41, 5.74) is 3.14. The molecule has 10 heteroatoms. The van der Waals surface area contributed by atoms with Crippen LogP contribution in [0.5, 0.6) is 11.5 Å². The number of carbonyl (C=O) groups is 2. The van der Waals surface area contributed by atoms with Crippen LogP contribution in [0, 0.1) is 0 Å². The molecule has 37 heavy (non-hydrogen) atoms. The number of hydrogen-bond acceptors (Lipinski definition) is 6. The van der Waals surface area contributed by atoms with Gasteiger partial charge in [0.25, 0.3) is 11.8 Å². The number of nitrogens with one attached hydrogen (secondary N) is 1. The predicted molar refractivity (Wildman–Crippen MR) is 155 cm³/mol. The predicted octanol–water partition coefficient (Wildman–Crippen LogP) is 6.99. The van der Waals surface area contributed by atoms with E-state index in [4.69, 9.17) is 44.9 Å². The first-order chi connectivity index (χ1) is 17.8. The van der Waals surface area contributed by atoms with Crippen LogP contribution in [0.2, 0.25) is 10.0 Å². The highest BCUT2D eigenvalue weighted by Crippen LogP contribution is 2.38. The number of rotatable bonds is 8. The summed E-state index contributed by atoms with van der Waals surface area (Å²) in [7, 11) is 1.51. The SMILES string of the molecule is CCc1ccc(NC(=O)COc2ccc(/C=C3\SC(=S)N(c4ccc(Cl)c(Cl)c4)C3=O)cc2OC)cc1. The Balaban J connectivity index is 1.44. The molecule has 0 unspecified atom stereocenters. The van der Waals surface area contributed by atoms with Gasteiger partial charge >= 0.3 is 0 Å². The first-order valence-corrected chi connectivity index (χ1v) is 13.2. The molecule has 3 aromatic carbocycles. The smallest absolute Gasteiger partial charge is 0.270 e. The average Bonchev–Trinajstić information content (AvgIpc) is 3.17. The maximum absolute atomic E-state index is 13.1. The number of hydrogen-bond donors (Lipinski definition) is 1. The largest absolute Gasteiger partial charge is 0.493 e. The van der Waals surface area contributed by atoms with Crippen LogP contribution in [-0.2, 0) is 16.0 Å². The highest BCUT2D eigenvalue weighted by atomic mass is 35.5. The second-order valence-corrected chi connectivity index (χ2v) is 10.4. The van der Waals surface area contributed by atoms with Crippen LogP contribution in [0.15, 0.2) is 65.6 Å². The first-order valence-electron chi connectivity index (χ1n) is 11.2. The Bertz CT molecular complexity index is 1390. The third kappa shape index (κ3) is 6.45. The molecule has 190 valence electrons. The molecule has 0 aliphatic carbocycles. The monoisotopic (exact) mass is 572 g/mol. The summed E-state index contributed by atoms with van der Waals surface area (Å²) in [5, 5.41) is 3.53. The minimum atomic E-state index is -0.290. The molecule has 0 saturated carbocycles. The molecule has 1 aliphatic rings. The van der Waals surface area contributed by atoms with Gasteiger partial charge in [0.15, 0.2) is 22.4 Å². The summed E-state index contributed by atoms with van der Waals surface area (Å²) in [6.07, 6.45) is 2.65. The Kier molecular flexibility index (Phi) is 8.76. The number of ether oxygens (including phenoxy) is 2. The van der Waals surface area contributed by atoms with Crippen LogP contribution < -0.4 is 19.7 Å². The summed E-state index contributed by atoms with van der Waals surface area (Å²) in [6.45, 7) is 1.88. The Morgan fingerprint density at radius 1 is 1.05 bits per heavy atom. The molecule has 2 amide bonds. The lowest BCUT2D eigenvalue weighted by molar-refractivity contribution is -0.118. The number of nitrogens with zero attached hydrogens (tertiary/aromatic N) is 1. The van der Waals surface area contributed by atoms with Gasteiger partial charge in [-0.15, -0.1) is 0 Å². The molecule has 0 spiro atoms. The van der Waals surface area contributed by atoms with Crippen LogP contribution in [0.3, 0.4) is 0 Å². The minimum absolute atomic E-state index is 0.187. The molecule has 1 aliphatic heterocycles. The summed E-state index contributed by atoms with van der Waals surface area (Å²) in [4.78, 5) is 27.3. The van der Waals surface area contributed by atoms with Crippen molar-refractivity contribution in [3.05, 3.63) is 86.7 Å². The molecule has 3 aromatic rings. The molecule has 0 radical (unpaired) electrons. The van der Waals surface area contributed by atoms with E-state index in [1.165, 1.54) is 29.3 Å². The second-order valence-electron chi connectivity index (χ2n) is 7.91. The van der Waals surface area contributed by atoms with Gasteiger partial charge in [-0.2, -0.15) is 0 Å². The summed E-state index contributed by atoms with van der Waals surface area (Å²) < 4.78 is 11.5. The van der Waals surface area contributed by atoms with Crippen molar-refractivity contribution in [2.45, 2.75) is 13.3 Å². The summed E-state index contributed by atoms with van der Waals surface area (Å²) in [6, 6.07) is 17.7. The van der Waals surface area contributed by atoms with Gasteiger partial charge in [0, 0.05) is 5.69 Å². The molecule has 1 fully saturated rings. The molecule has 0 bridgehead atoms. The molecule has 1 N–H and O–H groups in total. The number of aryl methyl sites for hydroxylation is 1. The van der Waals surface area contributed by atoms with Crippen LogP contribution in [0.25, 0.3) is 6.08 Å². The standard InChI is InChI=1S/C27H22Cl2N2O4S2/c1-3-16-4-7-18(8-5-16)30-25(32)15-35-22-11-6-17(12-23(22)34-2)13-24-26(33)31(27(36)37-24)19-9-10-20(28)21(29)14-19/h4-14H,3,15H2,1-2H3,(H,30,32)/b24-13-. The van der Waals surface area contributed by atoms with Crippen molar-refractivity contribution in [2.24, 2.45) is 0 Å². The maximum Gasteiger partial charge on any atom is 0.270 e. The van der Waals surface area contributed by atoms with Crippen molar-refractivity contribution >= 4 is 80.8 Å². The van der Waals surface area contributed by atoms with Gasteiger partial charge in [-0.1, -0.05) is 72.3 Å². The van der Waals surface area contributed by atoms with Crippen molar-refractivity contribution in [3.63, 3.8) is 0 Å². The Morgan fingerprint density at radius 3 is 2.49 bits per heavy atom. The number of carbonyl (C=O) groups excluding carboxylic acids is 2. The van der Waals surface area contributed by atoms with E-state index in [2.05, 4.69) is 12.2 Å². The zero-order valence-electron chi connectivity index (χ0n) is 19.9. The Morgan fingerprint density at radius 2 is 1.81 bits per heavy atom. The van der Waals surface area contributed by atoms with E-state index in [0.717, 1.165) is 6.42 Å². The van der Waals surface area contributed by atoms with Crippen molar-refractivity contribution in [3.8, 4) is 11.5 Å². The molecule has 1 heterocycles. The van der Waals surface area contributed by atoms with Crippen molar-refractivity contribution < 1.29 is 19.1 Å². The Labute approximate surface area is 234 Å². The molecule has 4 rings (SSSR count). The zero-order valence-corrected chi connectivity index (χ0v) is 23.1. The average molecular weight is 574 g/mol. The van der Waals surface area contributed by atoms with Gasteiger partial charge in [-0.3, -0.25) is 14.5 Å². The number of thioether (sulfide) groups is 1. The molecule has 6 nitrogen and oxygen atoms in total. The lowest BCUT2D eigenvalue weighted by Crippen LogP contribution is -2.27. The van der Waals surface area contributed by atoms with Crippen molar-refractivity contribution in [1.82, 2.24) is 0 Å². The van der Waals surface area contributed by atoms with Crippen LogP contribution in [0.1, 0.15) is 18.1 Å². The third-order valence-corrected chi connectivity index (χ3v) is 7.49. The lowest BCUT2D eigenvalue weighted by Gasteiger charge is -2.15. The highest BCUT2D eigenvalue weighted by Gasteiger charge is 2.33. The van der Waals surface area contributed by atoms with Crippen LogP contribution >= 0.6 is 47.2 Å². The van der Waals surface area contributed by atoms with Crippen molar-refractivity contribution in [1.29, 1.82) is 0 Å². The zero-order chi connectivity index (χ0) is 26.5. The molecular weight excluding hydrogens is 551 g/mol. The quantitative estimate of drug-likeness (QED) is 0.232. The van der Waals surface area contributed by atoms with E-state index in [0.29, 0.717) is 47.7 Å². The maximum atomic E-state index is 13.1. The number of benzene rings is 3. The van der Waals surface area contributed by atoms with E-state index < -0.39 is 0 Å². The number of anilines is 2. The van der Waals surface area contributed by atoms with Crippen LogP contribution in [0.4, 0.5) is 11.4 Å².